The summed E-state index contributed by atoms with van der Waals surface area (Å²) in [5, 5.41) is 0. The SMILES string of the molecule is CN(C)CCN1CCN(c2ncc(F)cc2CN)CC1. The molecule has 0 atom stereocenters. The third-order valence-corrected chi connectivity index (χ3v) is 3.66. The van der Waals surface area contributed by atoms with Crippen LogP contribution in [0.4, 0.5) is 10.2 Å². The molecule has 1 aromatic heterocycles. The van der Waals surface area contributed by atoms with Crippen molar-refractivity contribution in [1.29, 1.82) is 0 Å². The molecule has 2 rings (SSSR count). The number of nitrogens with two attached hydrogens (primary N) is 1. The van der Waals surface area contributed by atoms with Crippen LogP contribution in [0.1, 0.15) is 5.56 Å². The standard InChI is InChI=1S/C14H24FN5/c1-18(2)3-4-19-5-7-20(8-6-19)14-12(10-16)9-13(15)11-17-14/h9,11H,3-8,10,16H2,1-2H3. The van der Waals surface area contributed by atoms with E-state index in [2.05, 4.69) is 33.8 Å². The summed E-state index contributed by atoms with van der Waals surface area (Å²) in [4.78, 5) is 11.1. The van der Waals surface area contributed by atoms with E-state index in [-0.39, 0.29) is 5.82 Å². The lowest BCUT2D eigenvalue weighted by Gasteiger charge is -2.36. The number of piperazine rings is 1. The minimum Gasteiger partial charge on any atom is -0.354 e. The highest BCUT2D eigenvalue weighted by atomic mass is 19.1. The maximum Gasteiger partial charge on any atom is 0.141 e. The molecule has 1 aromatic rings. The molecule has 0 aromatic carbocycles. The van der Waals surface area contributed by atoms with Crippen LogP contribution < -0.4 is 10.6 Å². The van der Waals surface area contributed by atoms with E-state index in [0.29, 0.717) is 6.54 Å². The predicted molar refractivity (Wildman–Crippen MR) is 79.3 cm³/mol. The molecule has 2 N–H and O–H groups in total. The number of halogens is 1. The highest BCUT2D eigenvalue weighted by Crippen LogP contribution is 2.19. The van der Waals surface area contributed by atoms with Crippen molar-refractivity contribution in [2.75, 3.05) is 58.3 Å². The minimum atomic E-state index is -0.321. The molecule has 0 spiro atoms. The Morgan fingerprint density at radius 3 is 2.60 bits per heavy atom. The average molecular weight is 281 g/mol. The zero-order chi connectivity index (χ0) is 14.5. The predicted octanol–water partition coefficient (Wildman–Crippen LogP) is 0.363. The van der Waals surface area contributed by atoms with Crippen molar-refractivity contribution in [1.82, 2.24) is 14.8 Å². The molecular formula is C14H24FN5. The lowest BCUT2D eigenvalue weighted by molar-refractivity contribution is 0.229. The normalized spacial score (nSPS) is 16.9. The molecule has 1 saturated heterocycles. The zero-order valence-corrected chi connectivity index (χ0v) is 12.3. The summed E-state index contributed by atoms with van der Waals surface area (Å²) in [7, 11) is 4.18. The molecular weight excluding hydrogens is 257 g/mol. The van der Waals surface area contributed by atoms with Gasteiger partial charge in [-0.3, -0.25) is 4.90 Å². The molecule has 1 fully saturated rings. The van der Waals surface area contributed by atoms with Crippen molar-refractivity contribution in [2.45, 2.75) is 6.54 Å². The maximum absolute atomic E-state index is 13.2. The molecule has 2 heterocycles. The minimum absolute atomic E-state index is 0.320. The van der Waals surface area contributed by atoms with Crippen molar-refractivity contribution < 1.29 is 4.39 Å². The first-order valence-electron chi connectivity index (χ1n) is 7.06. The van der Waals surface area contributed by atoms with Gasteiger partial charge in [0.2, 0.25) is 0 Å². The molecule has 6 heteroatoms. The van der Waals surface area contributed by atoms with Gasteiger partial charge in [-0.2, -0.15) is 0 Å². The summed E-state index contributed by atoms with van der Waals surface area (Å²) >= 11 is 0. The van der Waals surface area contributed by atoms with Gasteiger partial charge in [0.25, 0.3) is 0 Å². The Labute approximate surface area is 120 Å². The fraction of sp³-hybridized carbons (Fsp3) is 0.643. The Bertz CT molecular complexity index is 430. The molecule has 0 bridgehead atoms. The number of anilines is 1. The first kappa shape index (κ1) is 15.2. The molecule has 20 heavy (non-hydrogen) atoms. The summed E-state index contributed by atoms with van der Waals surface area (Å²) in [5.41, 5.74) is 6.47. The molecule has 112 valence electrons. The fourth-order valence-corrected chi connectivity index (χ4v) is 2.43. The second-order valence-electron chi connectivity index (χ2n) is 5.47. The van der Waals surface area contributed by atoms with E-state index in [4.69, 9.17) is 5.73 Å². The van der Waals surface area contributed by atoms with Gasteiger partial charge in [-0.25, -0.2) is 9.37 Å². The quantitative estimate of drug-likeness (QED) is 0.845. The van der Waals surface area contributed by atoms with E-state index in [9.17, 15) is 4.39 Å². The number of likely N-dealkylation sites (N-methyl/N-ethyl adjacent to an activating group) is 1. The van der Waals surface area contributed by atoms with Crippen molar-refractivity contribution in [3.63, 3.8) is 0 Å². The third kappa shape index (κ3) is 3.88. The lowest BCUT2D eigenvalue weighted by atomic mass is 10.2. The molecule has 0 aliphatic carbocycles. The van der Waals surface area contributed by atoms with E-state index in [0.717, 1.165) is 50.6 Å². The van der Waals surface area contributed by atoms with Crippen molar-refractivity contribution in [3.05, 3.63) is 23.6 Å². The fourth-order valence-electron chi connectivity index (χ4n) is 2.43. The number of aromatic nitrogens is 1. The van der Waals surface area contributed by atoms with Crippen LogP contribution in [0.2, 0.25) is 0 Å². The van der Waals surface area contributed by atoms with E-state index in [1.807, 2.05) is 0 Å². The molecule has 5 nitrogen and oxygen atoms in total. The largest absolute Gasteiger partial charge is 0.354 e. The maximum atomic E-state index is 13.2. The Kier molecular flexibility index (Phi) is 5.28. The van der Waals surface area contributed by atoms with Gasteiger partial charge in [0.15, 0.2) is 0 Å². The number of rotatable bonds is 5. The first-order chi connectivity index (χ1) is 9.60. The molecule has 0 unspecified atom stereocenters. The van der Waals surface area contributed by atoms with Gasteiger partial charge >= 0.3 is 0 Å². The van der Waals surface area contributed by atoms with Gasteiger partial charge in [0.05, 0.1) is 6.20 Å². The third-order valence-electron chi connectivity index (χ3n) is 3.66. The number of hydrogen-bond acceptors (Lipinski definition) is 5. The van der Waals surface area contributed by atoms with Crippen LogP contribution >= 0.6 is 0 Å². The Hall–Kier alpha value is -1.24. The van der Waals surface area contributed by atoms with Crippen LogP contribution in [0.3, 0.4) is 0 Å². The van der Waals surface area contributed by atoms with Crippen molar-refractivity contribution in [2.24, 2.45) is 5.73 Å². The van der Waals surface area contributed by atoms with Crippen LogP contribution in [0.5, 0.6) is 0 Å². The number of nitrogens with zero attached hydrogens (tertiary/aromatic N) is 4. The smallest absolute Gasteiger partial charge is 0.141 e. The summed E-state index contributed by atoms with van der Waals surface area (Å²) in [6, 6.07) is 1.49. The second kappa shape index (κ2) is 6.97. The highest BCUT2D eigenvalue weighted by molar-refractivity contribution is 5.47. The van der Waals surface area contributed by atoms with Gasteiger partial charge in [-0.15, -0.1) is 0 Å². The summed E-state index contributed by atoms with van der Waals surface area (Å²) in [5.74, 6) is 0.514. The summed E-state index contributed by atoms with van der Waals surface area (Å²) in [6.45, 7) is 6.33. The van der Waals surface area contributed by atoms with Gasteiger partial charge in [-0.1, -0.05) is 0 Å². The molecule has 1 aliphatic rings. The molecule has 1 aliphatic heterocycles. The Balaban J connectivity index is 1.93. The highest BCUT2D eigenvalue weighted by Gasteiger charge is 2.20. The van der Waals surface area contributed by atoms with E-state index in [1.54, 1.807) is 0 Å². The summed E-state index contributed by atoms with van der Waals surface area (Å²) in [6.07, 6.45) is 1.27. The van der Waals surface area contributed by atoms with Gasteiger partial charge in [0.1, 0.15) is 11.6 Å². The van der Waals surface area contributed by atoms with Crippen LogP contribution in [0, 0.1) is 5.82 Å². The van der Waals surface area contributed by atoms with Crippen molar-refractivity contribution >= 4 is 5.82 Å². The van der Waals surface area contributed by atoms with E-state index >= 15 is 0 Å². The zero-order valence-electron chi connectivity index (χ0n) is 12.3. The van der Waals surface area contributed by atoms with E-state index in [1.165, 1.54) is 12.3 Å². The van der Waals surface area contributed by atoms with Crippen LogP contribution in [0.15, 0.2) is 12.3 Å². The van der Waals surface area contributed by atoms with Crippen LogP contribution in [-0.2, 0) is 6.54 Å². The average Bonchev–Trinajstić information content (AvgIpc) is 2.45. The number of pyridine rings is 1. The number of hydrogen-bond donors (Lipinski definition) is 1. The molecule has 0 saturated carbocycles. The monoisotopic (exact) mass is 281 g/mol. The molecule has 0 radical (unpaired) electrons. The van der Waals surface area contributed by atoms with Crippen LogP contribution in [0.25, 0.3) is 0 Å². The van der Waals surface area contributed by atoms with Gasteiger partial charge in [-0.05, 0) is 20.2 Å². The molecule has 0 amide bonds. The topological polar surface area (TPSA) is 48.6 Å². The van der Waals surface area contributed by atoms with Gasteiger partial charge < -0.3 is 15.5 Å². The Morgan fingerprint density at radius 1 is 1.30 bits per heavy atom. The second-order valence-corrected chi connectivity index (χ2v) is 5.47. The van der Waals surface area contributed by atoms with Gasteiger partial charge in [0, 0.05) is 51.4 Å². The van der Waals surface area contributed by atoms with E-state index < -0.39 is 0 Å². The summed E-state index contributed by atoms with van der Waals surface area (Å²) < 4.78 is 13.2. The van der Waals surface area contributed by atoms with Crippen LogP contribution in [-0.4, -0.2) is 68.1 Å². The van der Waals surface area contributed by atoms with Crippen molar-refractivity contribution in [3.8, 4) is 0 Å². The Morgan fingerprint density at radius 2 is 2.00 bits per heavy atom. The lowest BCUT2D eigenvalue weighted by Crippen LogP contribution is -2.48. The first-order valence-corrected chi connectivity index (χ1v) is 7.06.